The van der Waals surface area contributed by atoms with Crippen molar-refractivity contribution in [3.05, 3.63) is 22.4 Å². The first-order valence-corrected chi connectivity index (χ1v) is 7.70. The molecule has 1 aromatic heterocycles. The average Bonchev–Trinajstić information content (AvgIpc) is 2.78. The molecule has 0 spiro atoms. The number of H-pyrrole nitrogens is 1. The van der Waals surface area contributed by atoms with E-state index in [2.05, 4.69) is 10.3 Å². The van der Waals surface area contributed by atoms with Crippen molar-refractivity contribution in [3.8, 4) is 0 Å². The van der Waals surface area contributed by atoms with E-state index in [1.807, 2.05) is 20.8 Å². The van der Waals surface area contributed by atoms with Crippen molar-refractivity contribution in [2.24, 2.45) is 7.05 Å². The summed E-state index contributed by atoms with van der Waals surface area (Å²) in [6, 6.07) is -0.0220. The molecule has 2 amide bonds. The highest BCUT2D eigenvalue weighted by molar-refractivity contribution is 5.92. The Morgan fingerprint density at radius 3 is 2.39 bits per heavy atom. The Labute approximate surface area is 134 Å². The summed E-state index contributed by atoms with van der Waals surface area (Å²) in [4.78, 5) is 39.6. The number of carbonyl (C=O) groups excluding carboxylic acids is 2. The fourth-order valence-electron chi connectivity index (χ4n) is 2.44. The molecule has 1 aliphatic heterocycles. The highest BCUT2D eigenvalue weighted by Gasteiger charge is 2.28. The number of rotatable bonds is 2. The lowest BCUT2D eigenvalue weighted by atomic mass is 10.1. The minimum atomic E-state index is -0.513. The summed E-state index contributed by atoms with van der Waals surface area (Å²) in [6.07, 6.45) is 2.38. The summed E-state index contributed by atoms with van der Waals surface area (Å²) in [7, 11) is 1.54. The Balaban J connectivity index is 1.85. The quantitative estimate of drug-likeness (QED) is 0.842. The number of nitrogens with zero attached hydrogens (tertiary/aromatic N) is 2. The smallest absolute Gasteiger partial charge is 0.410 e. The predicted octanol–water partition coefficient (Wildman–Crippen LogP) is 0.843. The van der Waals surface area contributed by atoms with Crippen LogP contribution in [-0.4, -0.2) is 51.2 Å². The van der Waals surface area contributed by atoms with E-state index >= 15 is 0 Å². The number of hydrogen-bond acceptors (Lipinski definition) is 4. The van der Waals surface area contributed by atoms with Crippen molar-refractivity contribution >= 4 is 12.0 Å². The Hall–Kier alpha value is -2.25. The third-order valence-electron chi connectivity index (χ3n) is 3.71. The molecule has 0 radical (unpaired) electrons. The van der Waals surface area contributed by atoms with Crippen LogP contribution in [0.2, 0.25) is 0 Å². The molecule has 1 saturated heterocycles. The lowest BCUT2D eigenvalue weighted by molar-refractivity contribution is 0.0199. The van der Waals surface area contributed by atoms with Gasteiger partial charge in [0.1, 0.15) is 11.3 Å². The first-order chi connectivity index (χ1) is 10.7. The number of piperidine rings is 1. The van der Waals surface area contributed by atoms with Crippen molar-refractivity contribution in [2.45, 2.75) is 45.3 Å². The number of likely N-dealkylation sites (tertiary alicyclic amines) is 1. The van der Waals surface area contributed by atoms with Gasteiger partial charge in [0, 0.05) is 32.4 Å². The maximum atomic E-state index is 12.2. The minimum absolute atomic E-state index is 0.0220. The minimum Gasteiger partial charge on any atom is -0.444 e. The number of aromatic nitrogens is 2. The van der Waals surface area contributed by atoms with E-state index in [0.717, 1.165) is 0 Å². The molecule has 0 saturated carbocycles. The van der Waals surface area contributed by atoms with Crippen LogP contribution in [0.5, 0.6) is 0 Å². The normalized spacial score (nSPS) is 16.3. The fraction of sp³-hybridized carbons (Fsp3) is 0.667. The van der Waals surface area contributed by atoms with Gasteiger partial charge in [0.05, 0.1) is 0 Å². The molecule has 0 atom stereocenters. The summed E-state index contributed by atoms with van der Waals surface area (Å²) in [6.45, 7) is 6.56. The molecule has 128 valence electrons. The zero-order chi connectivity index (χ0) is 17.2. The lowest BCUT2D eigenvalue weighted by Crippen LogP contribution is -2.48. The van der Waals surface area contributed by atoms with Gasteiger partial charge in [0.15, 0.2) is 0 Å². The molecule has 8 heteroatoms. The highest BCUT2D eigenvalue weighted by atomic mass is 16.6. The molecule has 23 heavy (non-hydrogen) atoms. The van der Waals surface area contributed by atoms with Crippen LogP contribution in [0.4, 0.5) is 4.79 Å². The van der Waals surface area contributed by atoms with Crippen LogP contribution in [0.1, 0.15) is 44.1 Å². The molecule has 8 nitrogen and oxygen atoms in total. The Bertz CT molecular complexity index is 633. The zero-order valence-corrected chi connectivity index (χ0v) is 14.0. The van der Waals surface area contributed by atoms with Gasteiger partial charge in [-0.15, -0.1) is 0 Å². The van der Waals surface area contributed by atoms with E-state index in [9.17, 15) is 14.4 Å². The van der Waals surface area contributed by atoms with Crippen LogP contribution in [0.25, 0.3) is 0 Å². The Kier molecular flexibility index (Phi) is 4.82. The van der Waals surface area contributed by atoms with Crippen molar-refractivity contribution < 1.29 is 14.3 Å². The third-order valence-corrected chi connectivity index (χ3v) is 3.71. The second kappa shape index (κ2) is 6.47. The van der Waals surface area contributed by atoms with Crippen LogP contribution in [-0.2, 0) is 11.8 Å². The Morgan fingerprint density at radius 2 is 1.91 bits per heavy atom. The van der Waals surface area contributed by atoms with Gasteiger partial charge in [-0.25, -0.2) is 9.59 Å². The molecule has 0 unspecified atom stereocenters. The van der Waals surface area contributed by atoms with E-state index < -0.39 is 5.60 Å². The molecule has 1 aliphatic rings. The van der Waals surface area contributed by atoms with E-state index in [0.29, 0.717) is 31.6 Å². The lowest BCUT2D eigenvalue weighted by Gasteiger charge is -2.33. The molecule has 0 aliphatic carbocycles. The SMILES string of the molecule is Cn1c(C(=O)NC2CCN(C(=O)OC(C)(C)C)CC2)c[nH]c1=O. The average molecular weight is 324 g/mol. The van der Waals surface area contributed by atoms with Crippen LogP contribution >= 0.6 is 0 Å². The number of imidazole rings is 1. The number of aromatic amines is 1. The molecular weight excluding hydrogens is 300 g/mol. The second-order valence-electron chi connectivity index (χ2n) is 6.75. The van der Waals surface area contributed by atoms with Crippen molar-refractivity contribution in [3.63, 3.8) is 0 Å². The van der Waals surface area contributed by atoms with Crippen LogP contribution in [0.15, 0.2) is 11.0 Å². The Morgan fingerprint density at radius 1 is 1.30 bits per heavy atom. The number of hydrogen-bond donors (Lipinski definition) is 2. The molecule has 0 bridgehead atoms. The highest BCUT2D eigenvalue weighted by Crippen LogP contribution is 2.15. The van der Waals surface area contributed by atoms with Gasteiger partial charge in [-0.2, -0.15) is 0 Å². The fourth-order valence-corrected chi connectivity index (χ4v) is 2.44. The monoisotopic (exact) mass is 324 g/mol. The molecule has 1 fully saturated rings. The summed E-state index contributed by atoms with van der Waals surface area (Å²) in [5, 5.41) is 2.90. The van der Waals surface area contributed by atoms with E-state index in [4.69, 9.17) is 4.74 Å². The van der Waals surface area contributed by atoms with Crippen LogP contribution in [0, 0.1) is 0 Å². The van der Waals surface area contributed by atoms with E-state index in [1.54, 1.807) is 11.9 Å². The number of amides is 2. The zero-order valence-electron chi connectivity index (χ0n) is 14.0. The molecular formula is C15H24N4O4. The standard InChI is InChI=1S/C15H24N4O4/c1-15(2,3)23-14(22)19-7-5-10(6-8-19)17-12(20)11-9-16-13(21)18(11)4/h9-10H,5-8H2,1-4H3,(H,16,21)(H,17,20). The van der Waals surface area contributed by atoms with Crippen molar-refractivity contribution in [1.29, 1.82) is 0 Å². The molecule has 2 N–H and O–H groups in total. The maximum Gasteiger partial charge on any atom is 0.410 e. The largest absolute Gasteiger partial charge is 0.444 e. The number of nitrogens with one attached hydrogen (secondary N) is 2. The summed E-state index contributed by atoms with van der Waals surface area (Å²) < 4.78 is 6.61. The van der Waals surface area contributed by atoms with Crippen LogP contribution < -0.4 is 11.0 Å². The van der Waals surface area contributed by atoms with Gasteiger partial charge >= 0.3 is 11.8 Å². The topological polar surface area (TPSA) is 96.4 Å². The first kappa shape index (κ1) is 17.1. The first-order valence-electron chi connectivity index (χ1n) is 7.70. The summed E-state index contributed by atoms with van der Waals surface area (Å²) in [5.74, 6) is -0.290. The van der Waals surface area contributed by atoms with Crippen molar-refractivity contribution in [2.75, 3.05) is 13.1 Å². The number of carbonyl (C=O) groups is 2. The summed E-state index contributed by atoms with van der Waals surface area (Å²) in [5.41, 5.74) is -0.541. The second-order valence-corrected chi connectivity index (χ2v) is 6.75. The molecule has 2 rings (SSSR count). The summed E-state index contributed by atoms with van der Waals surface area (Å²) >= 11 is 0. The molecule has 1 aromatic rings. The van der Waals surface area contributed by atoms with Gasteiger partial charge in [0.25, 0.3) is 5.91 Å². The van der Waals surface area contributed by atoms with Crippen molar-refractivity contribution in [1.82, 2.24) is 19.8 Å². The van der Waals surface area contributed by atoms with Gasteiger partial charge in [-0.1, -0.05) is 0 Å². The number of ether oxygens (including phenoxy) is 1. The van der Waals surface area contributed by atoms with Gasteiger partial charge in [-0.3, -0.25) is 9.36 Å². The van der Waals surface area contributed by atoms with E-state index in [-0.39, 0.29) is 23.7 Å². The third kappa shape index (κ3) is 4.37. The van der Waals surface area contributed by atoms with E-state index in [1.165, 1.54) is 10.8 Å². The molecule has 0 aromatic carbocycles. The van der Waals surface area contributed by atoms with Crippen LogP contribution in [0.3, 0.4) is 0 Å². The maximum absolute atomic E-state index is 12.2. The van der Waals surface area contributed by atoms with Gasteiger partial charge in [-0.05, 0) is 33.6 Å². The predicted molar refractivity (Wildman–Crippen MR) is 84.3 cm³/mol. The van der Waals surface area contributed by atoms with Gasteiger partial charge < -0.3 is 19.9 Å². The molecule has 2 heterocycles. The van der Waals surface area contributed by atoms with Gasteiger partial charge in [0.2, 0.25) is 0 Å².